The lowest BCUT2D eigenvalue weighted by molar-refractivity contribution is 0.0877. The lowest BCUT2D eigenvalue weighted by Crippen LogP contribution is -2.50. The van der Waals surface area contributed by atoms with Gasteiger partial charge in [0.05, 0.1) is 23.0 Å². The van der Waals surface area contributed by atoms with Crippen LogP contribution in [0.4, 0.5) is 4.79 Å². The Labute approximate surface area is 233 Å². The van der Waals surface area contributed by atoms with Crippen LogP contribution < -0.4 is 5.32 Å². The molecule has 0 radical (unpaired) electrons. The van der Waals surface area contributed by atoms with Crippen molar-refractivity contribution in [2.24, 2.45) is 0 Å². The summed E-state index contributed by atoms with van der Waals surface area (Å²) in [7, 11) is 0. The first-order valence-electron chi connectivity index (χ1n) is 14.9. The zero-order valence-electron chi connectivity index (χ0n) is 23.8. The van der Waals surface area contributed by atoms with Crippen LogP contribution in [-0.4, -0.2) is 80.9 Å². The second-order valence-corrected chi connectivity index (χ2v) is 11.6. The Hall–Kier alpha value is -3.00. The van der Waals surface area contributed by atoms with Gasteiger partial charge in [0.2, 0.25) is 0 Å². The van der Waals surface area contributed by atoms with Gasteiger partial charge in [0.1, 0.15) is 6.33 Å². The highest BCUT2D eigenvalue weighted by Crippen LogP contribution is 2.38. The van der Waals surface area contributed by atoms with E-state index in [0.29, 0.717) is 35.6 Å². The second-order valence-electron chi connectivity index (χ2n) is 11.6. The largest absolute Gasteiger partial charge is 0.352 e. The standard InChI is InChI=1S/C31H44N6O2/c1-22(14-17-32-30(38)29-23(2)33-21-34-24(29)3)35-18-15-27(16-19-35)37-28(25-10-6-4-7-11-25)20-36(31(37)39)26-12-8-5-9-13-26/h4,6-7,10-11,21-22,26-28H,5,8-9,12-20H2,1-3H3,(H,32,38)/t22?,28-/m0/s1. The van der Waals surface area contributed by atoms with E-state index in [1.165, 1.54) is 31.2 Å². The highest BCUT2D eigenvalue weighted by molar-refractivity contribution is 5.96. The van der Waals surface area contributed by atoms with Crippen LogP contribution in [0.3, 0.4) is 0 Å². The van der Waals surface area contributed by atoms with Crippen molar-refractivity contribution < 1.29 is 9.59 Å². The second kappa shape index (κ2) is 12.5. The van der Waals surface area contributed by atoms with Gasteiger partial charge in [0.25, 0.3) is 5.91 Å². The van der Waals surface area contributed by atoms with E-state index in [2.05, 4.69) is 67.2 Å². The van der Waals surface area contributed by atoms with Crippen LogP contribution in [0, 0.1) is 13.8 Å². The maximum atomic E-state index is 13.9. The number of rotatable bonds is 8. The monoisotopic (exact) mass is 532 g/mol. The number of hydrogen-bond donors (Lipinski definition) is 1. The van der Waals surface area contributed by atoms with Gasteiger partial charge in [-0.15, -0.1) is 0 Å². The topological polar surface area (TPSA) is 81.7 Å². The van der Waals surface area contributed by atoms with Crippen LogP contribution in [0.5, 0.6) is 0 Å². The summed E-state index contributed by atoms with van der Waals surface area (Å²) in [6.07, 6.45) is 10.4. The first-order chi connectivity index (χ1) is 18.9. The van der Waals surface area contributed by atoms with Crippen LogP contribution >= 0.6 is 0 Å². The fourth-order valence-corrected chi connectivity index (χ4v) is 6.88. The maximum Gasteiger partial charge on any atom is 0.321 e. The molecule has 2 atom stereocenters. The average Bonchev–Trinajstić information content (AvgIpc) is 3.31. The lowest BCUT2D eigenvalue weighted by atomic mass is 9.94. The Morgan fingerprint density at radius 1 is 0.974 bits per heavy atom. The number of carbonyl (C=O) groups is 2. The maximum absolute atomic E-state index is 13.9. The Balaban J connectivity index is 1.17. The fraction of sp³-hybridized carbons (Fsp3) is 0.613. The molecular formula is C31H44N6O2. The minimum absolute atomic E-state index is 0.0986. The van der Waals surface area contributed by atoms with Gasteiger partial charge < -0.3 is 20.0 Å². The molecule has 3 fully saturated rings. The summed E-state index contributed by atoms with van der Waals surface area (Å²) in [5.41, 5.74) is 3.26. The number of aromatic nitrogens is 2. The summed E-state index contributed by atoms with van der Waals surface area (Å²) < 4.78 is 0. The van der Waals surface area contributed by atoms with E-state index in [0.717, 1.165) is 51.7 Å². The van der Waals surface area contributed by atoms with Crippen molar-refractivity contribution in [3.63, 3.8) is 0 Å². The van der Waals surface area contributed by atoms with Gasteiger partial charge in [0, 0.05) is 44.3 Å². The number of amides is 3. The molecule has 8 nitrogen and oxygen atoms in total. The van der Waals surface area contributed by atoms with Crippen molar-refractivity contribution in [3.05, 3.63) is 59.2 Å². The fourth-order valence-electron chi connectivity index (χ4n) is 6.88. The number of urea groups is 1. The quantitative estimate of drug-likeness (QED) is 0.524. The molecule has 8 heteroatoms. The van der Waals surface area contributed by atoms with Gasteiger partial charge in [-0.3, -0.25) is 4.79 Å². The molecule has 1 aromatic heterocycles. The van der Waals surface area contributed by atoms with E-state index in [-0.39, 0.29) is 24.0 Å². The minimum atomic E-state index is -0.0986. The molecule has 1 N–H and O–H groups in total. The molecule has 210 valence electrons. The summed E-state index contributed by atoms with van der Waals surface area (Å²) >= 11 is 0. The third kappa shape index (κ3) is 6.11. The number of piperidine rings is 1. The Morgan fingerprint density at radius 3 is 2.31 bits per heavy atom. The smallest absolute Gasteiger partial charge is 0.321 e. The Morgan fingerprint density at radius 2 is 1.64 bits per heavy atom. The number of likely N-dealkylation sites (tertiary alicyclic amines) is 1. The number of benzene rings is 1. The number of hydrogen-bond acceptors (Lipinski definition) is 5. The summed E-state index contributed by atoms with van der Waals surface area (Å²) in [6, 6.07) is 12.0. The molecule has 2 aromatic rings. The van der Waals surface area contributed by atoms with E-state index >= 15 is 0 Å². The number of nitrogens with one attached hydrogen (secondary N) is 1. The Bertz CT molecular complexity index is 1110. The zero-order chi connectivity index (χ0) is 27.4. The van der Waals surface area contributed by atoms with Gasteiger partial charge in [0.15, 0.2) is 0 Å². The molecule has 39 heavy (non-hydrogen) atoms. The minimum Gasteiger partial charge on any atom is -0.352 e. The van der Waals surface area contributed by atoms with Crippen LogP contribution in [0.2, 0.25) is 0 Å². The molecule has 0 bridgehead atoms. The Kier molecular flexibility index (Phi) is 8.80. The molecule has 1 saturated carbocycles. The van der Waals surface area contributed by atoms with Crippen molar-refractivity contribution in [2.45, 2.75) is 96.3 Å². The molecule has 1 aromatic carbocycles. The lowest BCUT2D eigenvalue weighted by Gasteiger charge is -2.41. The van der Waals surface area contributed by atoms with Crippen LogP contribution in [-0.2, 0) is 0 Å². The summed E-state index contributed by atoms with van der Waals surface area (Å²) in [5, 5.41) is 3.07. The SMILES string of the molecule is Cc1ncnc(C)c1C(=O)NCCC(C)N1CCC(N2C(=O)N(C3CCCCC3)C[C@H]2c2ccccc2)CC1. The van der Waals surface area contributed by atoms with Crippen LogP contribution in [0.15, 0.2) is 36.7 Å². The van der Waals surface area contributed by atoms with Crippen molar-refractivity contribution in [1.29, 1.82) is 0 Å². The average molecular weight is 533 g/mol. The molecule has 1 unspecified atom stereocenters. The molecule has 0 spiro atoms. The molecule has 3 heterocycles. The summed E-state index contributed by atoms with van der Waals surface area (Å²) in [5.74, 6) is -0.0986. The highest BCUT2D eigenvalue weighted by Gasteiger charge is 2.45. The van der Waals surface area contributed by atoms with Crippen molar-refractivity contribution in [2.75, 3.05) is 26.2 Å². The predicted octanol–water partition coefficient (Wildman–Crippen LogP) is 4.88. The van der Waals surface area contributed by atoms with E-state index in [1.807, 2.05) is 13.8 Å². The summed E-state index contributed by atoms with van der Waals surface area (Å²) in [6.45, 7) is 9.31. The van der Waals surface area contributed by atoms with Gasteiger partial charge in [-0.2, -0.15) is 0 Å². The van der Waals surface area contributed by atoms with Crippen molar-refractivity contribution in [3.8, 4) is 0 Å². The van der Waals surface area contributed by atoms with Crippen molar-refractivity contribution in [1.82, 2.24) is 30.0 Å². The first kappa shape index (κ1) is 27.6. The molecule has 2 saturated heterocycles. The number of nitrogens with zero attached hydrogens (tertiary/aromatic N) is 5. The molecule has 2 aliphatic heterocycles. The predicted molar refractivity (Wildman–Crippen MR) is 153 cm³/mol. The molecule has 3 amide bonds. The first-order valence-corrected chi connectivity index (χ1v) is 14.9. The van der Waals surface area contributed by atoms with Gasteiger partial charge in [-0.25, -0.2) is 14.8 Å². The summed E-state index contributed by atoms with van der Waals surface area (Å²) in [4.78, 5) is 41.9. The highest BCUT2D eigenvalue weighted by atomic mass is 16.2. The molecule has 5 rings (SSSR count). The van der Waals surface area contributed by atoms with Crippen LogP contribution in [0.1, 0.15) is 91.6 Å². The molecule has 3 aliphatic rings. The van der Waals surface area contributed by atoms with Crippen molar-refractivity contribution >= 4 is 11.9 Å². The van der Waals surface area contributed by atoms with Gasteiger partial charge in [-0.1, -0.05) is 49.6 Å². The van der Waals surface area contributed by atoms with E-state index in [9.17, 15) is 9.59 Å². The zero-order valence-corrected chi connectivity index (χ0v) is 23.8. The van der Waals surface area contributed by atoms with Gasteiger partial charge >= 0.3 is 6.03 Å². The third-order valence-electron chi connectivity index (χ3n) is 9.19. The number of carbonyl (C=O) groups excluding carboxylic acids is 2. The van der Waals surface area contributed by atoms with E-state index in [4.69, 9.17) is 0 Å². The van der Waals surface area contributed by atoms with Crippen LogP contribution in [0.25, 0.3) is 0 Å². The number of aryl methyl sites for hydroxylation is 2. The molecular weight excluding hydrogens is 488 g/mol. The van der Waals surface area contributed by atoms with Gasteiger partial charge in [-0.05, 0) is 58.4 Å². The normalized spacial score (nSPS) is 22.3. The molecule has 1 aliphatic carbocycles. The van der Waals surface area contributed by atoms with E-state index < -0.39 is 0 Å². The third-order valence-corrected chi connectivity index (χ3v) is 9.19. The van der Waals surface area contributed by atoms with E-state index in [1.54, 1.807) is 0 Å².